The molecule has 1 aliphatic rings. The third kappa shape index (κ3) is 3.79. The van der Waals surface area contributed by atoms with Crippen LogP contribution in [0.1, 0.15) is 10.7 Å². The molecule has 0 radical (unpaired) electrons. The van der Waals surface area contributed by atoms with Crippen LogP contribution in [-0.4, -0.2) is 58.7 Å². The zero-order valence-electron chi connectivity index (χ0n) is 12.6. The largest absolute Gasteiger partial charge is 0.346 e. The van der Waals surface area contributed by atoms with Crippen LogP contribution in [0.25, 0.3) is 0 Å². The molecule has 0 bridgehead atoms. The first-order chi connectivity index (χ1) is 10.6. The summed E-state index contributed by atoms with van der Waals surface area (Å²) in [6.07, 6.45) is 0. The van der Waals surface area contributed by atoms with Crippen molar-refractivity contribution in [2.75, 3.05) is 42.9 Å². The molecule has 9 heteroatoms. The van der Waals surface area contributed by atoms with Crippen LogP contribution >= 0.6 is 22.7 Å². The highest BCUT2D eigenvalue weighted by Crippen LogP contribution is 2.21. The second-order valence-electron chi connectivity index (χ2n) is 5.21. The van der Waals surface area contributed by atoms with Gasteiger partial charge in [-0.05, 0) is 13.8 Å². The number of carbonyl (C=O) groups is 1. The van der Waals surface area contributed by atoms with E-state index in [1.807, 2.05) is 13.8 Å². The molecule has 2 aromatic heterocycles. The van der Waals surface area contributed by atoms with Gasteiger partial charge in [0.15, 0.2) is 5.13 Å². The molecule has 0 aromatic carbocycles. The Hall–Kier alpha value is -1.58. The number of carbonyl (C=O) groups excluding carboxylic acids is 1. The summed E-state index contributed by atoms with van der Waals surface area (Å²) in [6, 6.07) is 0. The van der Waals surface area contributed by atoms with Gasteiger partial charge in [-0.1, -0.05) is 11.3 Å². The van der Waals surface area contributed by atoms with Crippen LogP contribution in [-0.2, 0) is 4.79 Å². The summed E-state index contributed by atoms with van der Waals surface area (Å²) in [7, 11) is 0. The lowest BCUT2D eigenvalue weighted by molar-refractivity contribution is -0.117. The first kappa shape index (κ1) is 15.3. The molecule has 2 aromatic rings. The third-order valence-electron chi connectivity index (χ3n) is 3.39. The van der Waals surface area contributed by atoms with Gasteiger partial charge in [0.2, 0.25) is 11.0 Å². The van der Waals surface area contributed by atoms with Gasteiger partial charge in [0.1, 0.15) is 5.01 Å². The molecule has 1 N–H and O–H groups in total. The summed E-state index contributed by atoms with van der Waals surface area (Å²) in [5.74, 6) is -0.0327. The van der Waals surface area contributed by atoms with Crippen molar-refractivity contribution in [1.82, 2.24) is 20.1 Å². The Kier molecular flexibility index (Phi) is 4.65. The maximum Gasteiger partial charge on any atom is 0.240 e. The predicted molar refractivity (Wildman–Crippen MR) is 88.8 cm³/mol. The van der Waals surface area contributed by atoms with E-state index in [1.54, 1.807) is 11.3 Å². The van der Waals surface area contributed by atoms with Crippen molar-refractivity contribution in [2.45, 2.75) is 13.8 Å². The molecule has 118 valence electrons. The van der Waals surface area contributed by atoms with Gasteiger partial charge in [0, 0.05) is 31.6 Å². The molecular weight excluding hydrogens is 320 g/mol. The molecule has 7 nitrogen and oxygen atoms in total. The molecule has 1 amide bonds. The maximum absolute atomic E-state index is 12.0. The first-order valence-corrected chi connectivity index (χ1v) is 8.79. The fourth-order valence-corrected chi connectivity index (χ4v) is 3.76. The molecule has 3 heterocycles. The Morgan fingerprint density at radius 1 is 1.27 bits per heavy atom. The summed E-state index contributed by atoms with van der Waals surface area (Å²) in [6.45, 7) is 7.80. The highest BCUT2D eigenvalue weighted by Gasteiger charge is 2.21. The van der Waals surface area contributed by atoms with E-state index in [-0.39, 0.29) is 5.91 Å². The van der Waals surface area contributed by atoms with Gasteiger partial charge in [0.25, 0.3) is 0 Å². The number of rotatable bonds is 4. The monoisotopic (exact) mass is 338 g/mol. The third-order valence-corrected chi connectivity index (χ3v) is 5.16. The first-order valence-electron chi connectivity index (χ1n) is 7.09. The van der Waals surface area contributed by atoms with Gasteiger partial charge in [0.05, 0.1) is 12.2 Å². The Balaban J connectivity index is 1.46. The van der Waals surface area contributed by atoms with Crippen molar-refractivity contribution in [1.29, 1.82) is 0 Å². The van der Waals surface area contributed by atoms with Crippen LogP contribution in [0.5, 0.6) is 0 Å². The van der Waals surface area contributed by atoms with E-state index in [4.69, 9.17) is 0 Å². The lowest BCUT2D eigenvalue weighted by Gasteiger charge is -2.34. The summed E-state index contributed by atoms with van der Waals surface area (Å²) < 4.78 is 0. The lowest BCUT2D eigenvalue weighted by Crippen LogP contribution is -2.48. The highest BCUT2D eigenvalue weighted by atomic mass is 32.1. The van der Waals surface area contributed by atoms with Gasteiger partial charge in [-0.2, -0.15) is 0 Å². The molecule has 0 spiro atoms. The molecular formula is C13H18N6OS2. The van der Waals surface area contributed by atoms with Gasteiger partial charge >= 0.3 is 0 Å². The summed E-state index contributed by atoms with van der Waals surface area (Å²) in [4.78, 5) is 20.9. The molecule has 1 aliphatic heterocycles. The number of aromatic nitrogens is 3. The molecule has 3 rings (SSSR count). The van der Waals surface area contributed by atoms with E-state index in [9.17, 15) is 4.79 Å². The lowest BCUT2D eigenvalue weighted by atomic mass is 10.3. The minimum Gasteiger partial charge on any atom is -0.346 e. The molecule has 1 saturated heterocycles. The van der Waals surface area contributed by atoms with Crippen molar-refractivity contribution in [3.8, 4) is 0 Å². The van der Waals surface area contributed by atoms with E-state index in [1.165, 1.54) is 11.3 Å². The molecule has 1 fully saturated rings. The second-order valence-corrected chi connectivity index (χ2v) is 7.23. The van der Waals surface area contributed by atoms with E-state index < -0.39 is 0 Å². The SMILES string of the molecule is Cc1csc(N2CCN(CC(=O)Nc3nnc(C)s3)CC2)n1. The number of hydrogen-bond donors (Lipinski definition) is 1. The van der Waals surface area contributed by atoms with Crippen LogP contribution in [0.2, 0.25) is 0 Å². The number of nitrogens with zero attached hydrogens (tertiary/aromatic N) is 5. The van der Waals surface area contributed by atoms with Crippen molar-refractivity contribution < 1.29 is 4.79 Å². The number of thiazole rings is 1. The summed E-state index contributed by atoms with van der Waals surface area (Å²) in [5, 5.41) is 15.2. The number of aryl methyl sites for hydroxylation is 2. The normalized spacial score (nSPS) is 16.0. The minimum absolute atomic E-state index is 0.0327. The van der Waals surface area contributed by atoms with Crippen molar-refractivity contribution in [2.24, 2.45) is 0 Å². The van der Waals surface area contributed by atoms with Gasteiger partial charge < -0.3 is 4.90 Å². The Morgan fingerprint density at radius 2 is 2.05 bits per heavy atom. The molecule has 0 saturated carbocycles. The van der Waals surface area contributed by atoms with E-state index in [2.05, 4.69) is 35.7 Å². The average Bonchev–Trinajstić information content (AvgIpc) is 3.08. The Bertz CT molecular complexity index is 647. The van der Waals surface area contributed by atoms with E-state index in [0.29, 0.717) is 11.7 Å². The standard InChI is InChI=1S/C13H18N6OS2/c1-9-8-21-13(14-9)19-5-3-18(4-6-19)7-11(20)15-12-17-16-10(2)22-12/h8H,3-7H2,1-2H3,(H,15,17,20). The van der Waals surface area contributed by atoms with Crippen LogP contribution in [0.4, 0.5) is 10.3 Å². The number of anilines is 2. The highest BCUT2D eigenvalue weighted by molar-refractivity contribution is 7.15. The fourth-order valence-electron chi connectivity index (χ4n) is 2.29. The van der Waals surface area contributed by atoms with Crippen LogP contribution in [0.15, 0.2) is 5.38 Å². The Morgan fingerprint density at radius 3 is 2.64 bits per heavy atom. The molecule has 0 atom stereocenters. The number of hydrogen-bond acceptors (Lipinski definition) is 8. The topological polar surface area (TPSA) is 74.2 Å². The van der Waals surface area contributed by atoms with E-state index in [0.717, 1.165) is 42.0 Å². The minimum atomic E-state index is -0.0327. The molecule has 0 aliphatic carbocycles. The zero-order valence-corrected chi connectivity index (χ0v) is 14.2. The number of nitrogens with one attached hydrogen (secondary N) is 1. The summed E-state index contributed by atoms with van der Waals surface area (Å²) >= 11 is 3.07. The smallest absolute Gasteiger partial charge is 0.240 e. The summed E-state index contributed by atoms with van der Waals surface area (Å²) in [5.41, 5.74) is 1.06. The average molecular weight is 338 g/mol. The second kappa shape index (κ2) is 6.67. The van der Waals surface area contributed by atoms with Crippen molar-refractivity contribution in [3.05, 3.63) is 16.1 Å². The van der Waals surface area contributed by atoms with Crippen molar-refractivity contribution >= 4 is 38.8 Å². The predicted octanol–water partition coefficient (Wildman–Crippen LogP) is 1.37. The van der Waals surface area contributed by atoms with Crippen LogP contribution < -0.4 is 10.2 Å². The quantitative estimate of drug-likeness (QED) is 0.908. The Labute approximate surface area is 137 Å². The van der Waals surface area contributed by atoms with Gasteiger partial charge in [-0.3, -0.25) is 15.0 Å². The van der Waals surface area contributed by atoms with Crippen LogP contribution in [0.3, 0.4) is 0 Å². The number of amides is 1. The van der Waals surface area contributed by atoms with Gasteiger partial charge in [-0.15, -0.1) is 21.5 Å². The van der Waals surface area contributed by atoms with Crippen LogP contribution in [0, 0.1) is 13.8 Å². The molecule has 0 unspecified atom stereocenters. The fraction of sp³-hybridized carbons (Fsp3) is 0.538. The number of piperazine rings is 1. The van der Waals surface area contributed by atoms with Gasteiger partial charge in [-0.25, -0.2) is 4.98 Å². The van der Waals surface area contributed by atoms with Crippen molar-refractivity contribution in [3.63, 3.8) is 0 Å². The van der Waals surface area contributed by atoms with E-state index >= 15 is 0 Å². The maximum atomic E-state index is 12.0. The molecule has 22 heavy (non-hydrogen) atoms. The zero-order chi connectivity index (χ0) is 15.5.